The van der Waals surface area contributed by atoms with Crippen LogP contribution in [-0.2, 0) is 32.1 Å². The molecular weight excluding hydrogens is 164 g/mol. The summed E-state index contributed by atoms with van der Waals surface area (Å²) in [6.07, 6.45) is 0. The fraction of sp³-hybridized carbons (Fsp3) is 0. The van der Waals surface area contributed by atoms with Gasteiger partial charge < -0.3 is 14.1 Å². The normalized spacial score (nSPS) is 10.0. The molecule has 5 nitrogen and oxygen atoms in total. The van der Waals surface area contributed by atoms with Gasteiger partial charge >= 0.3 is 17.4 Å². The van der Waals surface area contributed by atoms with Crippen LogP contribution in [0, 0.1) is 0 Å². The van der Waals surface area contributed by atoms with Crippen LogP contribution < -0.4 is 5.26 Å². The van der Waals surface area contributed by atoms with E-state index in [-0.39, 0.29) is 17.4 Å². The molecule has 0 saturated heterocycles. The van der Waals surface area contributed by atoms with Gasteiger partial charge in [-0.3, -0.25) is 0 Å². The van der Waals surface area contributed by atoms with E-state index in [0.29, 0.717) is 0 Å². The molecule has 0 aromatic rings. The Morgan fingerprint density at radius 2 is 1.57 bits per heavy atom. The van der Waals surface area contributed by atoms with Crippen LogP contribution in [0.2, 0.25) is 0 Å². The third-order valence-corrected chi connectivity index (χ3v) is 0.250. The van der Waals surface area contributed by atoms with Gasteiger partial charge in [-0.05, 0) is 0 Å². The van der Waals surface area contributed by atoms with E-state index in [1.807, 2.05) is 0 Å². The SMILES string of the molecule is O=S(=O)([O-])O[O-].[Cr+2]. The largest absolute Gasteiger partial charge is 2.00 e. The van der Waals surface area contributed by atoms with Gasteiger partial charge in [-0.25, -0.2) is 8.42 Å². The second-order valence-electron chi connectivity index (χ2n) is 0.476. The molecule has 0 N–H and O–H groups in total. The molecule has 0 radical (unpaired) electrons. The third kappa shape index (κ3) is 10.7. The predicted molar refractivity (Wildman–Crippen MR) is 10.8 cm³/mol. The summed E-state index contributed by atoms with van der Waals surface area (Å²) in [5.41, 5.74) is 0. The van der Waals surface area contributed by atoms with Crippen LogP contribution in [-0.4, -0.2) is 13.0 Å². The zero-order valence-corrected chi connectivity index (χ0v) is 4.95. The molecular formula is CrO5S. The van der Waals surface area contributed by atoms with Gasteiger partial charge in [0.2, 0.25) is 10.4 Å². The van der Waals surface area contributed by atoms with Crippen molar-refractivity contribution in [2.45, 2.75) is 0 Å². The monoisotopic (exact) mass is 164 g/mol. The van der Waals surface area contributed by atoms with Gasteiger partial charge in [0.15, 0.2) is 0 Å². The molecule has 0 aromatic heterocycles. The van der Waals surface area contributed by atoms with Crippen molar-refractivity contribution in [3.63, 3.8) is 0 Å². The van der Waals surface area contributed by atoms with E-state index in [2.05, 4.69) is 4.33 Å². The van der Waals surface area contributed by atoms with Crippen LogP contribution in [0.1, 0.15) is 0 Å². The molecule has 0 rings (SSSR count). The summed E-state index contributed by atoms with van der Waals surface area (Å²) < 4.78 is 28.8. The maximum Gasteiger partial charge on any atom is 2.00 e. The number of hydrogen-bond donors (Lipinski definition) is 0. The average molecular weight is 164 g/mol. The zero-order valence-electron chi connectivity index (χ0n) is 2.86. The Morgan fingerprint density at radius 1 is 1.43 bits per heavy atom. The molecule has 7 heavy (non-hydrogen) atoms. The topological polar surface area (TPSA) is 89.5 Å². The minimum Gasteiger partial charge on any atom is -0.726 e. The van der Waals surface area contributed by atoms with Crippen LogP contribution in [0.4, 0.5) is 0 Å². The molecule has 0 saturated carbocycles. The summed E-state index contributed by atoms with van der Waals surface area (Å²) in [6.45, 7) is 0. The summed E-state index contributed by atoms with van der Waals surface area (Å²) in [7, 11) is -4.97. The van der Waals surface area contributed by atoms with E-state index in [4.69, 9.17) is 18.2 Å². The fourth-order valence-electron chi connectivity index (χ4n) is 0. The first-order chi connectivity index (χ1) is 2.56. The van der Waals surface area contributed by atoms with Crippen molar-refractivity contribution in [1.29, 1.82) is 0 Å². The molecule has 0 amide bonds. The summed E-state index contributed by atoms with van der Waals surface area (Å²) in [5.74, 6) is 0. The Kier molecular flexibility index (Phi) is 5.00. The minimum atomic E-state index is -4.97. The minimum absolute atomic E-state index is 0. The van der Waals surface area contributed by atoms with Crippen molar-refractivity contribution >= 4 is 10.4 Å². The fourth-order valence-corrected chi connectivity index (χ4v) is 0. The van der Waals surface area contributed by atoms with Gasteiger partial charge in [0.25, 0.3) is 0 Å². The van der Waals surface area contributed by atoms with E-state index in [9.17, 15) is 0 Å². The Balaban J connectivity index is 0. The molecule has 0 bridgehead atoms. The van der Waals surface area contributed by atoms with E-state index in [1.54, 1.807) is 0 Å². The molecule has 0 aliphatic heterocycles. The van der Waals surface area contributed by atoms with Gasteiger partial charge in [0.05, 0.1) is 0 Å². The Hall–Kier alpha value is 0.362. The number of hydrogen-bond acceptors (Lipinski definition) is 5. The molecule has 0 aromatic carbocycles. The second kappa shape index (κ2) is 3.38. The molecule has 0 atom stereocenters. The Morgan fingerprint density at radius 3 is 1.57 bits per heavy atom. The molecule has 42 valence electrons. The zero-order chi connectivity index (χ0) is 5.21. The Bertz CT molecular complexity index is 110. The van der Waals surface area contributed by atoms with Crippen LogP contribution in [0.25, 0.3) is 0 Å². The third-order valence-electron chi connectivity index (χ3n) is 0.0833. The van der Waals surface area contributed by atoms with Crippen molar-refractivity contribution in [1.82, 2.24) is 0 Å². The maximum absolute atomic E-state index is 8.91. The van der Waals surface area contributed by atoms with E-state index < -0.39 is 10.4 Å². The van der Waals surface area contributed by atoms with Crippen LogP contribution in [0.15, 0.2) is 0 Å². The first kappa shape index (κ1) is 10.4. The molecule has 0 aliphatic carbocycles. The van der Waals surface area contributed by atoms with Crippen molar-refractivity contribution in [2.24, 2.45) is 0 Å². The average Bonchev–Trinajstić information content (AvgIpc) is 1.35. The van der Waals surface area contributed by atoms with E-state index >= 15 is 0 Å². The maximum atomic E-state index is 8.91. The molecule has 0 heterocycles. The first-order valence-corrected chi connectivity index (χ1v) is 2.17. The summed E-state index contributed by atoms with van der Waals surface area (Å²) in [6, 6.07) is 0. The standard InChI is InChI=1S/Cr.H2O5S/c;1-5-6(2,3)4/h;1H,(H,2,3,4)/q+2;/p-2. The van der Waals surface area contributed by atoms with Gasteiger partial charge in [-0.15, -0.1) is 0 Å². The van der Waals surface area contributed by atoms with Gasteiger partial charge in [-0.2, -0.15) is 0 Å². The molecule has 0 aliphatic rings. The van der Waals surface area contributed by atoms with Gasteiger partial charge in [-0.1, -0.05) is 0 Å². The van der Waals surface area contributed by atoms with Crippen molar-refractivity contribution in [3.8, 4) is 0 Å². The van der Waals surface area contributed by atoms with E-state index in [1.165, 1.54) is 0 Å². The first-order valence-electron chi connectivity index (χ1n) is 0.833. The van der Waals surface area contributed by atoms with Gasteiger partial charge in [0.1, 0.15) is 0 Å². The quantitative estimate of drug-likeness (QED) is 0.189. The Labute approximate surface area is 50.9 Å². The number of rotatable bonds is 1. The van der Waals surface area contributed by atoms with Crippen molar-refractivity contribution in [2.75, 3.05) is 0 Å². The summed E-state index contributed by atoms with van der Waals surface area (Å²) >= 11 is 0. The summed E-state index contributed by atoms with van der Waals surface area (Å²) in [5, 5.41) is 8.55. The predicted octanol–water partition coefficient (Wildman–Crippen LogP) is -2.26. The summed E-state index contributed by atoms with van der Waals surface area (Å²) in [4.78, 5) is 0. The molecule has 0 fully saturated rings. The molecule has 0 unspecified atom stereocenters. The van der Waals surface area contributed by atoms with Crippen molar-refractivity contribution in [3.05, 3.63) is 0 Å². The van der Waals surface area contributed by atoms with Crippen LogP contribution in [0.3, 0.4) is 0 Å². The van der Waals surface area contributed by atoms with E-state index in [0.717, 1.165) is 0 Å². The second-order valence-corrected chi connectivity index (χ2v) is 1.43. The van der Waals surface area contributed by atoms with Crippen LogP contribution in [0.5, 0.6) is 0 Å². The van der Waals surface area contributed by atoms with Gasteiger partial charge in [0, 0.05) is 0 Å². The molecule has 7 heteroatoms. The van der Waals surface area contributed by atoms with Crippen molar-refractivity contribution < 1.29 is 39.9 Å². The molecule has 0 spiro atoms. The smallest absolute Gasteiger partial charge is 0.726 e. The van der Waals surface area contributed by atoms with Crippen LogP contribution >= 0.6 is 0 Å².